The number of aromatic hydroxyl groups is 1. The Morgan fingerprint density at radius 2 is 1.64 bits per heavy atom. The number of carbonyl (C=O) groups excluding carboxylic acids is 5. The van der Waals surface area contributed by atoms with Gasteiger partial charge in [-0.3, -0.25) is 24.6 Å². The molecule has 4 N–H and O–H groups in total. The number of halogens is 5. The molecule has 2 saturated heterocycles. The summed E-state index contributed by atoms with van der Waals surface area (Å²) in [4.78, 5) is 73.7. The van der Waals surface area contributed by atoms with Crippen molar-refractivity contribution in [1.82, 2.24) is 14.9 Å². The Morgan fingerprint density at radius 3 is 2.21 bits per heavy atom. The summed E-state index contributed by atoms with van der Waals surface area (Å²) in [6.07, 6.45) is -2.86. The van der Waals surface area contributed by atoms with E-state index >= 15 is 4.79 Å². The maximum atomic E-state index is 15.3. The Kier molecular flexibility index (Phi) is 8.60. The minimum Gasteiger partial charge on any atom is -0.508 e. The van der Waals surface area contributed by atoms with Gasteiger partial charge in [0.2, 0.25) is 11.8 Å². The number of nitrogens with zero attached hydrogens (tertiary/aromatic N) is 3. The summed E-state index contributed by atoms with van der Waals surface area (Å²) in [5.74, 6) is -9.73. The number of hydrazine groups is 1. The maximum absolute atomic E-state index is 15.3. The number of rotatable bonds is 6. The third kappa shape index (κ3) is 5.29. The van der Waals surface area contributed by atoms with E-state index in [1.807, 2.05) is 0 Å². The summed E-state index contributed by atoms with van der Waals surface area (Å²) in [6, 6.07) is 8.00. The first-order valence-electron chi connectivity index (χ1n) is 16.0. The number of ether oxygens (including phenoxy) is 2. The van der Waals surface area contributed by atoms with Gasteiger partial charge < -0.3 is 20.3 Å². The molecule has 276 valence electrons. The van der Waals surface area contributed by atoms with E-state index in [1.165, 1.54) is 38.5 Å². The molecule has 0 radical (unpaired) electrons. The summed E-state index contributed by atoms with van der Waals surface area (Å²) >= 11 is 12.5. The first-order valence-corrected chi connectivity index (χ1v) is 16.8. The predicted molar refractivity (Wildman–Crippen MR) is 180 cm³/mol. The largest absolute Gasteiger partial charge is 0.508 e. The molecule has 13 nitrogen and oxygen atoms in total. The number of phenolic OH excluding ortho intramolecular Hbond substituents is 1. The number of amides is 6. The van der Waals surface area contributed by atoms with Crippen molar-refractivity contribution < 1.29 is 51.7 Å². The highest BCUT2D eigenvalue weighted by atomic mass is 35.5. The zero-order chi connectivity index (χ0) is 38.3. The predicted octanol–water partition coefficient (Wildman–Crippen LogP) is 5.19. The number of methoxy groups -OCH3 is 2. The third-order valence-electron chi connectivity index (χ3n) is 10.6. The van der Waals surface area contributed by atoms with Crippen LogP contribution in [0.3, 0.4) is 0 Å². The van der Waals surface area contributed by atoms with Crippen LogP contribution in [0.4, 0.5) is 23.8 Å². The molecule has 0 spiro atoms. The minimum atomic E-state index is -4.79. The van der Waals surface area contributed by atoms with Crippen molar-refractivity contribution in [3.05, 3.63) is 87.0 Å². The molecular formula is C35H28Cl2F3N5O8. The zero-order valence-electron chi connectivity index (χ0n) is 27.6. The van der Waals surface area contributed by atoms with Gasteiger partial charge in [0.15, 0.2) is 5.82 Å². The van der Waals surface area contributed by atoms with Gasteiger partial charge in [-0.25, -0.2) is 9.78 Å². The topological polar surface area (TPSA) is 181 Å². The fraction of sp³-hybridized carbons (Fsp3) is 0.314. The number of alkyl halides is 3. The molecule has 4 aliphatic rings. The number of nitrogens with two attached hydrogens (primary N) is 1. The third-order valence-corrected chi connectivity index (χ3v) is 11.1. The summed E-state index contributed by atoms with van der Waals surface area (Å²) in [5.41, 5.74) is 5.80. The Labute approximate surface area is 308 Å². The van der Waals surface area contributed by atoms with Crippen molar-refractivity contribution in [2.24, 2.45) is 29.4 Å². The standard InChI is InChI=1S/C35H28Cl2F3N5O8/c1-52-23-10-17(46)11-24(53-2)26(23)27-18-7-8-19-25(31(49)44(29(19)47)33(41)51)20(18)12-21-30(48)45(32(50)34(21,27)14-3-5-16(36)6-4-14)43-28-22(37)9-15(13-42-28)35(38,39)40/h3-7,9-11,13,19-21,25,27,46H,8,12H2,1-2H3,(H2,41,51)(H,42,43). The molecule has 2 aromatic carbocycles. The van der Waals surface area contributed by atoms with Crippen LogP contribution in [0.2, 0.25) is 10.0 Å². The molecule has 6 unspecified atom stereocenters. The summed E-state index contributed by atoms with van der Waals surface area (Å²) in [5, 5.41) is 11.0. The van der Waals surface area contributed by atoms with Crippen LogP contribution in [-0.4, -0.2) is 63.9 Å². The summed E-state index contributed by atoms with van der Waals surface area (Å²) < 4.78 is 51.8. The lowest BCUT2D eigenvalue weighted by atomic mass is 9.49. The van der Waals surface area contributed by atoms with Crippen molar-refractivity contribution in [1.29, 1.82) is 0 Å². The number of phenols is 1. The van der Waals surface area contributed by atoms with Crippen molar-refractivity contribution in [2.75, 3.05) is 19.6 Å². The van der Waals surface area contributed by atoms with Crippen LogP contribution in [0, 0.1) is 23.7 Å². The van der Waals surface area contributed by atoms with Crippen LogP contribution >= 0.6 is 23.2 Å². The van der Waals surface area contributed by atoms with E-state index in [9.17, 15) is 37.5 Å². The molecule has 0 bridgehead atoms. The highest BCUT2D eigenvalue weighted by molar-refractivity contribution is 6.33. The highest BCUT2D eigenvalue weighted by Gasteiger charge is 2.71. The molecule has 3 fully saturated rings. The van der Waals surface area contributed by atoms with Crippen LogP contribution in [0.25, 0.3) is 0 Å². The van der Waals surface area contributed by atoms with E-state index in [2.05, 4.69) is 10.4 Å². The van der Waals surface area contributed by atoms with Crippen LogP contribution in [0.15, 0.2) is 60.3 Å². The Bertz CT molecular complexity index is 2120. The molecule has 3 aromatic rings. The second-order valence-corrected chi connectivity index (χ2v) is 13.9. The maximum Gasteiger partial charge on any atom is 0.417 e. The molecule has 18 heteroatoms. The van der Waals surface area contributed by atoms with Gasteiger partial charge in [0.1, 0.15) is 17.2 Å². The first kappa shape index (κ1) is 36.0. The second kappa shape index (κ2) is 12.7. The van der Waals surface area contributed by atoms with Gasteiger partial charge >= 0.3 is 12.2 Å². The molecule has 3 heterocycles. The lowest BCUT2D eigenvalue weighted by Gasteiger charge is -2.51. The van der Waals surface area contributed by atoms with Crippen molar-refractivity contribution in [2.45, 2.75) is 30.4 Å². The van der Waals surface area contributed by atoms with Crippen molar-refractivity contribution in [3.63, 3.8) is 0 Å². The molecular weight excluding hydrogens is 746 g/mol. The fourth-order valence-corrected chi connectivity index (χ4v) is 8.86. The van der Waals surface area contributed by atoms with Gasteiger partial charge in [0.05, 0.1) is 48.0 Å². The van der Waals surface area contributed by atoms with Crippen molar-refractivity contribution in [3.8, 4) is 17.2 Å². The number of benzene rings is 2. The SMILES string of the molecule is COc1cc(O)cc(OC)c1C1C2=CCC3C(=O)N(C(N)=O)C(=O)C3C2CC2C(=O)N(Nc3ncc(C(F)(F)F)cc3Cl)C(=O)C21c1ccc(Cl)cc1. The number of pyridine rings is 1. The normalized spacial score (nSPS) is 26.5. The average Bonchev–Trinajstić information content (AvgIpc) is 3.49. The van der Waals surface area contributed by atoms with Gasteiger partial charge in [-0.15, -0.1) is 0 Å². The molecule has 6 amide bonds. The van der Waals surface area contributed by atoms with E-state index in [1.54, 1.807) is 18.2 Å². The number of carbonyl (C=O) groups is 5. The molecule has 1 aromatic heterocycles. The van der Waals surface area contributed by atoms with Crippen LogP contribution in [0.5, 0.6) is 17.2 Å². The van der Waals surface area contributed by atoms with E-state index in [4.69, 9.17) is 38.4 Å². The number of anilines is 1. The number of fused-ring (bicyclic) bond motifs is 4. The molecule has 53 heavy (non-hydrogen) atoms. The lowest BCUT2D eigenvalue weighted by Crippen LogP contribution is -2.53. The number of allylic oxidation sites excluding steroid dienone is 2. The van der Waals surface area contributed by atoms with E-state index in [-0.39, 0.29) is 41.2 Å². The van der Waals surface area contributed by atoms with Gasteiger partial charge in [-0.1, -0.05) is 47.0 Å². The number of likely N-dealkylation sites (tertiary alicyclic amines) is 1. The summed E-state index contributed by atoms with van der Waals surface area (Å²) in [7, 11) is 2.63. The van der Waals surface area contributed by atoms with Gasteiger partial charge in [0.25, 0.3) is 11.8 Å². The number of imide groups is 4. The Hall–Kier alpha value is -5.35. The number of hydrogen-bond donors (Lipinski definition) is 3. The van der Waals surface area contributed by atoms with E-state index in [0.29, 0.717) is 32.8 Å². The number of primary amides is 1. The van der Waals surface area contributed by atoms with Crippen LogP contribution in [-0.2, 0) is 30.8 Å². The second-order valence-electron chi connectivity index (χ2n) is 13.0. The first-order chi connectivity index (χ1) is 25.1. The average molecular weight is 775 g/mol. The van der Waals surface area contributed by atoms with E-state index in [0.717, 1.165) is 0 Å². The number of aromatic nitrogens is 1. The Morgan fingerprint density at radius 1 is 1.00 bits per heavy atom. The molecule has 2 aliphatic carbocycles. The molecule has 2 aliphatic heterocycles. The number of nitrogens with one attached hydrogen (secondary N) is 1. The molecule has 7 rings (SSSR count). The van der Waals surface area contributed by atoms with E-state index < -0.39 is 87.2 Å². The Balaban J connectivity index is 1.50. The van der Waals surface area contributed by atoms with Gasteiger partial charge in [-0.2, -0.15) is 23.1 Å². The lowest BCUT2D eigenvalue weighted by molar-refractivity contribution is -0.140. The molecule has 6 atom stereocenters. The zero-order valence-corrected chi connectivity index (χ0v) is 29.1. The van der Waals surface area contributed by atoms with Crippen LogP contribution in [0.1, 0.15) is 35.4 Å². The highest BCUT2D eigenvalue weighted by Crippen LogP contribution is 2.66. The minimum absolute atomic E-state index is 0.0364. The molecule has 1 saturated carbocycles. The number of hydrogen-bond acceptors (Lipinski definition) is 10. The fourth-order valence-electron chi connectivity index (χ4n) is 8.52. The quantitative estimate of drug-likeness (QED) is 0.223. The summed E-state index contributed by atoms with van der Waals surface area (Å²) in [6.45, 7) is 0. The smallest absolute Gasteiger partial charge is 0.417 e. The van der Waals surface area contributed by atoms with Gasteiger partial charge in [0, 0.05) is 34.8 Å². The van der Waals surface area contributed by atoms with Crippen LogP contribution < -0.4 is 20.6 Å². The van der Waals surface area contributed by atoms with Crippen molar-refractivity contribution >= 4 is 58.7 Å². The van der Waals surface area contributed by atoms with Gasteiger partial charge in [-0.05, 0) is 42.5 Å². The number of urea groups is 1. The monoisotopic (exact) mass is 773 g/mol.